The lowest BCUT2D eigenvalue weighted by Crippen LogP contribution is -2.35. The van der Waals surface area contributed by atoms with Crippen molar-refractivity contribution >= 4 is 23.4 Å². The summed E-state index contributed by atoms with van der Waals surface area (Å²) in [4.78, 5) is 37.0. The van der Waals surface area contributed by atoms with Crippen molar-refractivity contribution in [2.75, 3.05) is 12.4 Å². The number of benzene rings is 3. The molecule has 3 amide bonds. The van der Waals surface area contributed by atoms with Crippen LogP contribution in [-0.4, -0.2) is 24.8 Å². The van der Waals surface area contributed by atoms with Crippen LogP contribution in [0.25, 0.3) is 0 Å². The second kappa shape index (κ2) is 10.7. The van der Waals surface area contributed by atoms with Gasteiger partial charge < -0.3 is 20.7 Å². The molecule has 0 atom stereocenters. The van der Waals surface area contributed by atoms with E-state index < -0.39 is 17.7 Å². The van der Waals surface area contributed by atoms with Crippen LogP contribution in [0.15, 0.2) is 72.8 Å². The summed E-state index contributed by atoms with van der Waals surface area (Å²) in [7, 11) is 1.57. The summed E-state index contributed by atoms with van der Waals surface area (Å²) >= 11 is 0. The van der Waals surface area contributed by atoms with Gasteiger partial charge in [0.1, 0.15) is 11.6 Å². The van der Waals surface area contributed by atoms with E-state index in [0.29, 0.717) is 11.3 Å². The molecule has 0 aromatic heterocycles. The first-order valence-electron chi connectivity index (χ1n) is 9.80. The zero-order valence-electron chi connectivity index (χ0n) is 17.4. The second-order valence-electron chi connectivity index (χ2n) is 6.84. The molecular weight excluding hydrogens is 413 g/mol. The number of para-hydroxylation sites is 1. The van der Waals surface area contributed by atoms with E-state index in [1.165, 1.54) is 30.3 Å². The summed E-state index contributed by atoms with van der Waals surface area (Å²) in [5.41, 5.74) is 1.95. The Morgan fingerprint density at radius 3 is 2.03 bits per heavy atom. The molecule has 164 valence electrons. The molecule has 0 unspecified atom stereocenters. The number of carbonyl (C=O) groups excluding carboxylic acids is 3. The molecule has 0 radical (unpaired) electrons. The Morgan fingerprint density at radius 1 is 0.781 bits per heavy atom. The van der Waals surface area contributed by atoms with Crippen LogP contribution in [0.2, 0.25) is 0 Å². The van der Waals surface area contributed by atoms with Crippen LogP contribution < -0.4 is 20.7 Å². The highest BCUT2D eigenvalue weighted by Gasteiger charge is 2.17. The number of rotatable bonds is 7. The van der Waals surface area contributed by atoms with Gasteiger partial charge in [0.15, 0.2) is 0 Å². The van der Waals surface area contributed by atoms with Gasteiger partial charge >= 0.3 is 11.8 Å². The zero-order chi connectivity index (χ0) is 22.9. The number of nitrogens with one attached hydrogen (secondary N) is 3. The van der Waals surface area contributed by atoms with E-state index in [2.05, 4.69) is 16.0 Å². The third kappa shape index (κ3) is 6.15. The first kappa shape index (κ1) is 22.5. The molecule has 0 fully saturated rings. The third-order valence-electron chi connectivity index (χ3n) is 4.60. The standard InChI is InChI=1S/C24H22FN3O4/c1-32-19-12-8-17(9-13-19)14-26-22(29)20-4-2-3-5-21(20)28-24(31)23(30)27-15-16-6-10-18(25)11-7-16/h2-13H,14-15H2,1H3,(H,26,29)(H,27,30)(H,28,31). The lowest BCUT2D eigenvalue weighted by atomic mass is 10.1. The predicted octanol–water partition coefficient (Wildman–Crippen LogP) is 3.02. The Bertz CT molecular complexity index is 1100. The summed E-state index contributed by atoms with van der Waals surface area (Å²) in [6.07, 6.45) is 0. The van der Waals surface area contributed by atoms with Crippen LogP contribution in [0.1, 0.15) is 21.5 Å². The molecule has 0 spiro atoms. The zero-order valence-corrected chi connectivity index (χ0v) is 17.4. The van der Waals surface area contributed by atoms with Crippen molar-refractivity contribution in [3.63, 3.8) is 0 Å². The Balaban J connectivity index is 1.58. The van der Waals surface area contributed by atoms with Crippen LogP contribution >= 0.6 is 0 Å². The first-order chi connectivity index (χ1) is 15.5. The van der Waals surface area contributed by atoms with E-state index in [0.717, 1.165) is 5.56 Å². The van der Waals surface area contributed by atoms with Gasteiger partial charge in [-0.3, -0.25) is 14.4 Å². The van der Waals surface area contributed by atoms with Crippen LogP contribution in [0.4, 0.5) is 10.1 Å². The van der Waals surface area contributed by atoms with Gasteiger partial charge in [0.2, 0.25) is 0 Å². The first-order valence-corrected chi connectivity index (χ1v) is 9.80. The van der Waals surface area contributed by atoms with Crippen LogP contribution in [0.5, 0.6) is 5.75 Å². The summed E-state index contributed by atoms with van der Waals surface area (Å²) < 4.78 is 18.1. The van der Waals surface area contributed by atoms with Crippen molar-refractivity contribution in [1.29, 1.82) is 0 Å². The Kier molecular flexibility index (Phi) is 7.53. The maximum absolute atomic E-state index is 13.0. The third-order valence-corrected chi connectivity index (χ3v) is 4.60. The van der Waals surface area contributed by atoms with Gasteiger partial charge in [-0.2, -0.15) is 0 Å². The number of halogens is 1. The van der Waals surface area contributed by atoms with Crippen LogP contribution in [-0.2, 0) is 22.7 Å². The van der Waals surface area contributed by atoms with Gasteiger partial charge in [0.05, 0.1) is 18.4 Å². The van der Waals surface area contributed by atoms with Gasteiger partial charge in [-0.05, 0) is 47.5 Å². The van der Waals surface area contributed by atoms with Crippen molar-refractivity contribution in [3.05, 3.63) is 95.3 Å². The van der Waals surface area contributed by atoms with E-state index >= 15 is 0 Å². The summed E-state index contributed by atoms with van der Waals surface area (Å²) in [6, 6.07) is 19.2. The molecule has 3 N–H and O–H groups in total. The quantitative estimate of drug-likeness (QED) is 0.497. The molecule has 0 aliphatic rings. The highest BCUT2D eigenvalue weighted by atomic mass is 19.1. The van der Waals surface area contributed by atoms with Gasteiger partial charge in [-0.15, -0.1) is 0 Å². The minimum Gasteiger partial charge on any atom is -0.497 e. The highest BCUT2D eigenvalue weighted by Crippen LogP contribution is 2.16. The second-order valence-corrected chi connectivity index (χ2v) is 6.84. The SMILES string of the molecule is COc1ccc(CNC(=O)c2ccccc2NC(=O)C(=O)NCc2ccc(F)cc2)cc1. The number of anilines is 1. The lowest BCUT2D eigenvalue weighted by Gasteiger charge is -2.12. The Labute approximate surface area is 184 Å². The van der Waals surface area contributed by atoms with Crippen molar-refractivity contribution in [3.8, 4) is 5.75 Å². The highest BCUT2D eigenvalue weighted by molar-refractivity contribution is 6.40. The van der Waals surface area contributed by atoms with E-state index in [4.69, 9.17) is 4.74 Å². The minimum atomic E-state index is -0.914. The molecule has 32 heavy (non-hydrogen) atoms. The summed E-state index contributed by atoms with van der Waals surface area (Å²) in [5, 5.41) is 7.70. The van der Waals surface area contributed by atoms with E-state index in [1.807, 2.05) is 12.1 Å². The van der Waals surface area contributed by atoms with E-state index in [9.17, 15) is 18.8 Å². The van der Waals surface area contributed by atoms with E-state index in [-0.39, 0.29) is 30.2 Å². The molecule has 3 aromatic carbocycles. The molecule has 3 aromatic rings. The maximum atomic E-state index is 13.0. The van der Waals surface area contributed by atoms with Crippen LogP contribution in [0, 0.1) is 5.82 Å². The molecule has 7 nitrogen and oxygen atoms in total. The monoisotopic (exact) mass is 435 g/mol. The molecule has 0 heterocycles. The van der Waals surface area contributed by atoms with Crippen molar-refractivity contribution in [1.82, 2.24) is 10.6 Å². The molecule has 8 heteroatoms. The van der Waals surface area contributed by atoms with Crippen molar-refractivity contribution in [2.45, 2.75) is 13.1 Å². The number of ether oxygens (including phenoxy) is 1. The van der Waals surface area contributed by atoms with Gasteiger partial charge in [-0.1, -0.05) is 36.4 Å². The normalized spacial score (nSPS) is 10.2. The molecule has 0 aliphatic heterocycles. The van der Waals surface area contributed by atoms with Crippen molar-refractivity contribution in [2.24, 2.45) is 0 Å². The molecule has 0 bridgehead atoms. The fraction of sp³-hybridized carbons (Fsp3) is 0.125. The smallest absolute Gasteiger partial charge is 0.313 e. The summed E-state index contributed by atoms with van der Waals surface area (Å²) in [5.74, 6) is -1.86. The number of methoxy groups -OCH3 is 1. The average Bonchev–Trinajstić information content (AvgIpc) is 2.82. The van der Waals surface area contributed by atoms with Crippen molar-refractivity contribution < 1.29 is 23.5 Å². The predicted molar refractivity (Wildman–Crippen MR) is 117 cm³/mol. The van der Waals surface area contributed by atoms with Gasteiger partial charge in [0, 0.05) is 13.1 Å². The molecule has 0 saturated heterocycles. The molecule has 0 aliphatic carbocycles. The van der Waals surface area contributed by atoms with Gasteiger partial charge in [-0.25, -0.2) is 4.39 Å². The van der Waals surface area contributed by atoms with Crippen LogP contribution in [0.3, 0.4) is 0 Å². The molecule has 3 rings (SSSR count). The Morgan fingerprint density at radius 2 is 1.38 bits per heavy atom. The topological polar surface area (TPSA) is 96.5 Å². The van der Waals surface area contributed by atoms with Gasteiger partial charge in [0.25, 0.3) is 5.91 Å². The summed E-state index contributed by atoms with van der Waals surface area (Å²) in [6.45, 7) is 0.347. The lowest BCUT2D eigenvalue weighted by molar-refractivity contribution is -0.136. The number of hydrogen-bond donors (Lipinski definition) is 3. The fourth-order valence-electron chi connectivity index (χ4n) is 2.86. The Hall–Kier alpha value is -4.20. The number of carbonyl (C=O) groups is 3. The number of hydrogen-bond acceptors (Lipinski definition) is 4. The molecule has 0 saturated carbocycles. The fourth-order valence-corrected chi connectivity index (χ4v) is 2.86. The maximum Gasteiger partial charge on any atom is 0.313 e. The largest absolute Gasteiger partial charge is 0.497 e. The average molecular weight is 435 g/mol. The van der Waals surface area contributed by atoms with E-state index in [1.54, 1.807) is 37.4 Å². The molecular formula is C24H22FN3O4. The minimum absolute atomic E-state index is 0.0660. The number of amides is 3.